The van der Waals surface area contributed by atoms with E-state index >= 15 is 0 Å². The second-order valence-corrected chi connectivity index (χ2v) is 9.99. The highest BCUT2D eigenvalue weighted by Crippen LogP contribution is 2.38. The molecule has 4 aromatic rings. The maximum atomic E-state index is 14.2. The molecule has 1 aromatic heterocycles. The number of benzene rings is 3. The Labute approximate surface area is 226 Å². The number of carbonyl (C=O) groups is 2. The van der Waals surface area contributed by atoms with Crippen molar-refractivity contribution in [3.63, 3.8) is 0 Å². The zero-order valence-corrected chi connectivity index (χ0v) is 21.9. The summed E-state index contributed by atoms with van der Waals surface area (Å²) in [6.45, 7) is 4.60. The molecule has 0 fully saturated rings. The molecule has 39 heavy (non-hydrogen) atoms. The third-order valence-corrected chi connectivity index (χ3v) is 6.59. The minimum Gasteiger partial charge on any atom is -0.484 e. The molecule has 5 rings (SSSR count). The summed E-state index contributed by atoms with van der Waals surface area (Å²) in [5.74, 6) is 0.330. The van der Waals surface area contributed by atoms with Gasteiger partial charge in [0.15, 0.2) is 12.3 Å². The van der Waals surface area contributed by atoms with E-state index in [1.165, 1.54) is 18.4 Å². The third kappa shape index (κ3) is 6.17. The second kappa shape index (κ2) is 11.5. The molecule has 0 saturated heterocycles. The maximum absolute atomic E-state index is 14.2. The molecule has 0 spiro atoms. The van der Waals surface area contributed by atoms with Gasteiger partial charge in [-0.15, -0.1) is 0 Å². The van der Waals surface area contributed by atoms with E-state index in [2.05, 4.69) is 10.3 Å². The first-order valence-electron chi connectivity index (χ1n) is 13.0. The highest BCUT2D eigenvalue weighted by molar-refractivity contribution is 6.02. The van der Waals surface area contributed by atoms with Crippen LogP contribution in [-0.4, -0.2) is 28.2 Å². The van der Waals surface area contributed by atoms with E-state index in [1.54, 1.807) is 18.2 Å². The van der Waals surface area contributed by atoms with E-state index in [0.717, 1.165) is 11.1 Å². The van der Waals surface area contributed by atoms with Crippen molar-refractivity contribution < 1.29 is 23.1 Å². The number of nitrogens with zero attached hydrogens (tertiary/aromatic N) is 2. The molecule has 1 atom stereocenters. The Morgan fingerprint density at radius 3 is 2.69 bits per heavy atom. The van der Waals surface area contributed by atoms with Gasteiger partial charge in [-0.05, 0) is 65.4 Å². The number of nitrogens with one attached hydrogen (secondary N) is 1. The molecule has 7 nitrogen and oxygen atoms in total. The lowest BCUT2D eigenvalue weighted by molar-refractivity contribution is -0.134. The Balaban J connectivity index is 1.35. The van der Waals surface area contributed by atoms with Crippen LogP contribution in [-0.2, 0) is 17.8 Å². The summed E-state index contributed by atoms with van der Waals surface area (Å²) in [7, 11) is 0. The van der Waals surface area contributed by atoms with Gasteiger partial charge in [0.05, 0.1) is 6.04 Å². The van der Waals surface area contributed by atoms with E-state index in [0.29, 0.717) is 36.4 Å². The van der Waals surface area contributed by atoms with Gasteiger partial charge < -0.3 is 19.4 Å². The number of rotatable bonds is 8. The molecular weight excluding hydrogens is 497 g/mol. The lowest BCUT2D eigenvalue weighted by Gasteiger charge is -2.38. The lowest BCUT2D eigenvalue weighted by atomic mass is 9.87. The van der Waals surface area contributed by atoms with E-state index in [4.69, 9.17) is 9.15 Å². The predicted molar refractivity (Wildman–Crippen MR) is 145 cm³/mol. The van der Waals surface area contributed by atoms with Crippen LogP contribution in [0.2, 0.25) is 0 Å². The van der Waals surface area contributed by atoms with Crippen molar-refractivity contribution in [3.8, 4) is 5.75 Å². The van der Waals surface area contributed by atoms with Crippen molar-refractivity contribution in [1.29, 1.82) is 0 Å². The van der Waals surface area contributed by atoms with Crippen molar-refractivity contribution >= 4 is 17.5 Å². The number of fused-ring (bicyclic) bond motifs is 1. The Morgan fingerprint density at radius 2 is 1.92 bits per heavy atom. The number of aromatic nitrogens is 1. The van der Waals surface area contributed by atoms with Gasteiger partial charge in [-0.25, -0.2) is 9.37 Å². The van der Waals surface area contributed by atoms with Gasteiger partial charge in [0.25, 0.3) is 5.91 Å². The van der Waals surface area contributed by atoms with Gasteiger partial charge >= 0.3 is 0 Å². The average molecular weight is 528 g/mol. The molecule has 200 valence electrons. The Kier molecular flexibility index (Phi) is 7.72. The number of halogens is 1. The molecule has 0 bridgehead atoms. The molecule has 2 amide bonds. The molecule has 8 heteroatoms. The normalized spacial score (nSPS) is 14.7. The van der Waals surface area contributed by atoms with Crippen molar-refractivity contribution in [2.45, 2.75) is 39.3 Å². The van der Waals surface area contributed by atoms with Crippen molar-refractivity contribution in [2.75, 3.05) is 11.9 Å². The van der Waals surface area contributed by atoms with Gasteiger partial charge in [0, 0.05) is 18.7 Å². The summed E-state index contributed by atoms with van der Waals surface area (Å²) in [6, 6.07) is 20.8. The largest absolute Gasteiger partial charge is 0.484 e. The van der Waals surface area contributed by atoms with Crippen LogP contribution in [0.25, 0.3) is 0 Å². The molecule has 2 heterocycles. The first-order chi connectivity index (χ1) is 18.9. The number of para-hydroxylation sites is 1. The SMILES string of the molecule is CC(C)CC(=O)N1CCc2ccc(OCc3nc(C(=O)Nc4ccccc4)co3)cc2C1c1cccc(F)c1. The molecule has 3 aromatic carbocycles. The van der Waals surface area contributed by atoms with Crippen LogP contribution in [0.3, 0.4) is 0 Å². The Morgan fingerprint density at radius 1 is 1.10 bits per heavy atom. The number of anilines is 1. The first-order valence-corrected chi connectivity index (χ1v) is 13.0. The van der Waals surface area contributed by atoms with Crippen LogP contribution in [0.1, 0.15) is 59.4 Å². The van der Waals surface area contributed by atoms with Gasteiger partial charge in [-0.3, -0.25) is 9.59 Å². The molecule has 0 saturated carbocycles. The smallest absolute Gasteiger partial charge is 0.277 e. The highest BCUT2D eigenvalue weighted by atomic mass is 19.1. The van der Waals surface area contributed by atoms with Crippen LogP contribution in [0, 0.1) is 11.7 Å². The summed E-state index contributed by atoms with van der Waals surface area (Å²) in [5, 5.41) is 2.77. The van der Waals surface area contributed by atoms with Crippen molar-refractivity contribution in [3.05, 3.63) is 113 Å². The second-order valence-electron chi connectivity index (χ2n) is 9.99. The Hall–Kier alpha value is -4.46. The fourth-order valence-electron chi connectivity index (χ4n) is 4.80. The lowest BCUT2D eigenvalue weighted by Crippen LogP contribution is -2.41. The minimum atomic E-state index is -0.422. The highest BCUT2D eigenvalue weighted by Gasteiger charge is 2.32. The molecule has 1 unspecified atom stereocenters. The minimum absolute atomic E-state index is 0.0119. The average Bonchev–Trinajstić information content (AvgIpc) is 3.41. The van der Waals surface area contributed by atoms with Crippen LogP contribution < -0.4 is 10.1 Å². The number of carbonyl (C=O) groups excluding carboxylic acids is 2. The molecular formula is C31H30FN3O4. The third-order valence-electron chi connectivity index (χ3n) is 6.59. The van der Waals surface area contributed by atoms with Crippen LogP contribution in [0.15, 0.2) is 83.5 Å². The van der Waals surface area contributed by atoms with Crippen molar-refractivity contribution in [2.24, 2.45) is 5.92 Å². The van der Waals surface area contributed by atoms with Crippen LogP contribution >= 0.6 is 0 Å². The number of amides is 2. The number of oxazole rings is 1. The molecule has 1 N–H and O–H groups in total. The Bertz CT molecular complexity index is 1470. The number of hydrogen-bond acceptors (Lipinski definition) is 5. The van der Waals surface area contributed by atoms with Gasteiger partial charge in [-0.2, -0.15) is 0 Å². The summed E-state index contributed by atoms with van der Waals surface area (Å²) < 4.78 is 25.7. The summed E-state index contributed by atoms with van der Waals surface area (Å²) in [6.07, 6.45) is 2.41. The number of ether oxygens (including phenoxy) is 1. The van der Waals surface area contributed by atoms with Crippen LogP contribution in [0.4, 0.5) is 10.1 Å². The fraction of sp³-hybridized carbons (Fsp3) is 0.258. The molecule has 1 aliphatic rings. The predicted octanol–water partition coefficient (Wildman–Crippen LogP) is 6.17. The maximum Gasteiger partial charge on any atom is 0.277 e. The van der Waals surface area contributed by atoms with E-state index < -0.39 is 6.04 Å². The topological polar surface area (TPSA) is 84.7 Å². The summed E-state index contributed by atoms with van der Waals surface area (Å²) >= 11 is 0. The number of hydrogen-bond donors (Lipinski definition) is 1. The van der Waals surface area contributed by atoms with Crippen molar-refractivity contribution in [1.82, 2.24) is 9.88 Å². The monoisotopic (exact) mass is 527 g/mol. The van der Waals surface area contributed by atoms with Gasteiger partial charge in [-0.1, -0.05) is 50.2 Å². The zero-order chi connectivity index (χ0) is 27.4. The van der Waals surface area contributed by atoms with E-state index in [1.807, 2.05) is 61.2 Å². The quantitative estimate of drug-likeness (QED) is 0.296. The fourth-order valence-corrected chi connectivity index (χ4v) is 4.80. The standard InChI is InChI=1S/C31H30FN3O4/c1-20(2)15-29(36)35-14-13-21-11-12-25(17-26(21)30(35)22-7-6-8-23(32)16-22)38-19-28-34-27(18-39-28)31(37)33-24-9-4-3-5-10-24/h3-12,16-18,20,30H,13-15,19H2,1-2H3,(H,33,37). The molecule has 0 aliphatic carbocycles. The molecule has 1 aliphatic heterocycles. The molecule has 0 radical (unpaired) electrons. The van der Waals surface area contributed by atoms with Crippen LogP contribution in [0.5, 0.6) is 5.75 Å². The van der Waals surface area contributed by atoms with E-state index in [9.17, 15) is 14.0 Å². The zero-order valence-electron chi connectivity index (χ0n) is 21.9. The van der Waals surface area contributed by atoms with E-state index in [-0.39, 0.29) is 41.7 Å². The van der Waals surface area contributed by atoms with Gasteiger partial charge in [0.2, 0.25) is 11.8 Å². The summed E-state index contributed by atoms with van der Waals surface area (Å²) in [5.41, 5.74) is 3.50. The van der Waals surface area contributed by atoms with Gasteiger partial charge in [0.1, 0.15) is 17.8 Å². The first kappa shape index (κ1) is 26.2. The summed E-state index contributed by atoms with van der Waals surface area (Å²) in [4.78, 5) is 31.8.